The number of hydrogen-bond acceptors (Lipinski definition) is 4. The Morgan fingerprint density at radius 2 is 2.17 bits per heavy atom. The van der Waals surface area contributed by atoms with Crippen molar-refractivity contribution in [1.82, 2.24) is 4.90 Å². The molecule has 0 aromatic carbocycles. The van der Waals surface area contributed by atoms with E-state index in [1.54, 1.807) is 0 Å². The van der Waals surface area contributed by atoms with E-state index in [1.807, 2.05) is 20.8 Å². The van der Waals surface area contributed by atoms with Crippen LogP contribution in [0.1, 0.15) is 33.6 Å². The zero-order chi connectivity index (χ0) is 13.8. The van der Waals surface area contributed by atoms with Gasteiger partial charge < -0.3 is 9.84 Å². The first-order valence-electron chi connectivity index (χ1n) is 6.26. The summed E-state index contributed by atoms with van der Waals surface area (Å²) in [6.45, 7) is 8.08. The van der Waals surface area contributed by atoms with Crippen LogP contribution in [0.5, 0.6) is 0 Å². The Morgan fingerprint density at radius 3 is 2.67 bits per heavy atom. The molecular formula is C13H22N2O3. The van der Waals surface area contributed by atoms with Gasteiger partial charge in [-0.25, -0.2) is 4.79 Å². The number of nitrogens with zero attached hydrogens (tertiary/aromatic N) is 2. The monoisotopic (exact) mass is 254 g/mol. The molecular weight excluding hydrogens is 232 g/mol. The molecule has 0 aliphatic carbocycles. The highest BCUT2D eigenvalue weighted by Crippen LogP contribution is 2.26. The van der Waals surface area contributed by atoms with Gasteiger partial charge in [-0.15, -0.1) is 0 Å². The molecule has 102 valence electrons. The van der Waals surface area contributed by atoms with Crippen molar-refractivity contribution in [3.63, 3.8) is 0 Å². The van der Waals surface area contributed by atoms with Crippen LogP contribution < -0.4 is 0 Å². The molecule has 0 amide bonds. The molecule has 0 aromatic heterocycles. The number of ether oxygens (including phenoxy) is 1. The molecule has 1 aliphatic rings. The lowest BCUT2D eigenvalue weighted by Crippen LogP contribution is -2.61. The van der Waals surface area contributed by atoms with Gasteiger partial charge in [0.2, 0.25) is 0 Å². The summed E-state index contributed by atoms with van der Waals surface area (Å²) < 4.78 is 5.33. The quantitative estimate of drug-likeness (QED) is 0.745. The Hall–Kier alpha value is -1.12. The summed E-state index contributed by atoms with van der Waals surface area (Å²) in [5.41, 5.74) is -0.572. The molecule has 0 aromatic rings. The third kappa shape index (κ3) is 4.63. The SMILES string of the molecule is CC(C)(C#N)CCCN1CC(C)(OCC(=O)O)C1. The standard InChI is InChI=1S/C13H22N2O3/c1-12(2,8-14)5-4-6-15-9-13(3,10-15)18-7-11(16)17/h4-7,9-10H2,1-3H3,(H,16,17). The average Bonchev–Trinajstić information content (AvgIpc) is 2.24. The Labute approximate surface area is 108 Å². The minimum absolute atomic E-state index is 0.230. The molecule has 5 heteroatoms. The first-order chi connectivity index (χ1) is 8.26. The topological polar surface area (TPSA) is 73.6 Å². The van der Waals surface area contributed by atoms with Gasteiger partial charge in [-0.1, -0.05) is 0 Å². The van der Waals surface area contributed by atoms with Crippen LogP contribution in [-0.2, 0) is 9.53 Å². The van der Waals surface area contributed by atoms with Crippen molar-refractivity contribution in [2.45, 2.75) is 39.2 Å². The van der Waals surface area contributed by atoms with Crippen LogP contribution in [0.4, 0.5) is 0 Å². The zero-order valence-corrected chi connectivity index (χ0v) is 11.4. The van der Waals surface area contributed by atoms with E-state index >= 15 is 0 Å². The van der Waals surface area contributed by atoms with Crippen LogP contribution in [-0.4, -0.2) is 47.8 Å². The van der Waals surface area contributed by atoms with Gasteiger partial charge in [0, 0.05) is 13.1 Å². The van der Waals surface area contributed by atoms with Gasteiger partial charge >= 0.3 is 5.97 Å². The lowest BCUT2D eigenvalue weighted by Gasteiger charge is -2.47. The predicted octanol–water partition coefficient (Wildman–Crippen LogP) is 1.49. The molecule has 0 atom stereocenters. The largest absolute Gasteiger partial charge is 0.480 e. The first-order valence-corrected chi connectivity index (χ1v) is 6.26. The van der Waals surface area contributed by atoms with Gasteiger partial charge in [0.25, 0.3) is 0 Å². The van der Waals surface area contributed by atoms with Crippen molar-refractivity contribution in [3.8, 4) is 6.07 Å². The molecule has 0 unspecified atom stereocenters. The van der Waals surface area contributed by atoms with Crippen LogP contribution >= 0.6 is 0 Å². The number of nitriles is 1. The molecule has 1 aliphatic heterocycles. The predicted molar refractivity (Wildman–Crippen MR) is 67.1 cm³/mol. The van der Waals surface area contributed by atoms with Gasteiger partial charge in [0.1, 0.15) is 6.61 Å². The number of aliphatic carboxylic acids is 1. The smallest absolute Gasteiger partial charge is 0.329 e. The molecule has 0 radical (unpaired) electrons. The van der Waals surface area contributed by atoms with E-state index in [4.69, 9.17) is 15.1 Å². The highest BCUT2D eigenvalue weighted by molar-refractivity contribution is 5.68. The number of carboxylic acids is 1. The van der Waals surface area contributed by atoms with E-state index in [2.05, 4.69) is 11.0 Å². The van der Waals surface area contributed by atoms with Crippen LogP contribution in [0.15, 0.2) is 0 Å². The van der Waals surface area contributed by atoms with Crippen molar-refractivity contribution in [2.24, 2.45) is 5.41 Å². The molecule has 1 saturated heterocycles. The van der Waals surface area contributed by atoms with Crippen LogP contribution in [0, 0.1) is 16.7 Å². The van der Waals surface area contributed by atoms with Crippen molar-refractivity contribution in [3.05, 3.63) is 0 Å². The maximum atomic E-state index is 10.4. The lowest BCUT2D eigenvalue weighted by atomic mass is 9.89. The third-order valence-electron chi connectivity index (χ3n) is 3.24. The van der Waals surface area contributed by atoms with E-state index in [0.717, 1.165) is 32.5 Å². The van der Waals surface area contributed by atoms with Crippen molar-refractivity contribution in [2.75, 3.05) is 26.2 Å². The Bertz CT molecular complexity index is 341. The minimum atomic E-state index is -0.926. The second-order valence-corrected chi connectivity index (χ2v) is 5.94. The van der Waals surface area contributed by atoms with E-state index in [9.17, 15) is 4.79 Å². The van der Waals surface area contributed by atoms with Crippen LogP contribution in [0.3, 0.4) is 0 Å². The third-order valence-corrected chi connectivity index (χ3v) is 3.24. The number of carboxylic acid groups (broad SMARTS) is 1. The average molecular weight is 254 g/mol. The second-order valence-electron chi connectivity index (χ2n) is 5.94. The van der Waals surface area contributed by atoms with E-state index < -0.39 is 5.97 Å². The highest BCUT2D eigenvalue weighted by Gasteiger charge is 2.39. The van der Waals surface area contributed by atoms with E-state index in [0.29, 0.717) is 0 Å². The van der Waals surface area contributed by atoms with Crippen molar-refractivity contribution < 1.29 is 14.6 Å². The second kappa shape index (κ2) is 5.68. The number of carbonyl (C=O) groups is 1. The van der Waals surface area contributed by atoms with E-state index in [1.165, 1.54) is 0 Å². The fourth-order valence-corrected chi connectivity index (χ4v) is 2.19. The summed E-state index contributed by atoms with van der Waals surface area (Å²) in [6.07, 6.45) is 1.86. The van der Waals surface area contributed by atoms with Gasteiger partial charge in [-0.3, -0.25) is 4.90 Å². The summed E-state index contributed by atoms with van der Waals surface area (Å²) in [6, 6.07) is 2.29. The molecule has 1 heterocycles. The molecule has 0 bridgehead atoms. The zero-order valence-electron chi connectivity index (χ0n) is 11.4. The number of rotatable bonds is 7. The Balaban J connectivity index is 2.15. The molecule has 5 nitrogen and oxygen atoms in total. The molecule has 1 fully saturated rings. The normalized spacial score (nSPS) is 19.0. The molecule has 0 spiro atoms. The fraction of sp³-hybridized carbons (Fsp3) is 0.846. The van der Waals surface area contributed by atoms with Gasteiger partial charge in [-0.2, -0.15) is 5.26 Å². The summed E-state index contributed by atoms with van der Waals surface area (Å²) in [7, 11) is 0. The summed E-state index contributed by atoms with van der Waals surface area (Å²) in [5.74, 6) is -0.926. The summed E-state index contributed by atoms with van der Waals surface area (Å²) in [4.78, 5) is 12.6. The number of likely N-dealkylation sites (tertiary alicyclic amines) is 1. The Kier molecular flexibility index (Phi) is 4.71. The van der Waals surface area contributed by atoms with E-state index in [-0.39, 0.29) is 17.6 Å². The Morgan fingerprint density at radius 1 is 1.56 bits per heavy atom. The maximum Gasteiger partial charge on any atom is 0.329 e. The molecule has 0 saturated carbocycles. The summed E-state index contributed by atoms with van der Waals surface area (Å²) in [5, 5.41) is 17.4. The highest BCUT2D eigenvalue weighted by atomic mass is 16.5. The van der Waals surface area contributed by atoms with Crippen molar-refractivity contribution >= 4 is 5.97 Å². The first kappa shape index (κ1) is 14.9. The lowest BCUT2D eigenvalue weighted by molar-refractivity contribution is -0.164. The fourth-order valence-electron chi connectivity index (χ4n) is 2.19. The molecule has 18 heavy (non-hydrogen) atoms. The minimum Gasteiger partial charge on any atom is -0.480 e. The van der Waals surface area contributed by atoms with Gasteiger partial charge in [0.05, 0.1) is 17.1 Å². The van der Waals surface area contributed by atoms with Gasteiger partial charge in [0.15, 0.2) is 0 Å². The molecule has 1 rings (SSSR count). The summed E-state index contributed by atoms with van der Waals surface area (Å²) >= 11 is 0. The number of hydrogen-bond donors (Lipinski definition) is 1. The van der Waals surface area contributed by atoms with Crippen LogP contribution in [0.2, 0.25) is 0 Å². The van der Waals surface area contributed by atoms with Gasteiger partial charge in [-0.05, 0) is 40.2 Å². The van der Waals surface area contributed by atoms with Crippen LogP contribution in [0.25, 0.3) is 0 Å². The maximum absolute atomic E-state index is 10.4. The molecule has 1 N–H and O–H groups in total. The van der Waals surface area contributed by atoms with Crippen molar-refractivity contribution in [1.29, 1.82) is 5.26 Å².